The molecule has 0 aliphatic rings. The Labute approximate surface area is 101 Å². The second-order valence-corrected chi connectivity index (χ2v) is 4.97. The van der Waals surface area contributed by atoms with Crippen LogP contribution in [0.4, 0.5) is 4.79 Å². The largest absolute Gasteiger partial charge is 0.481 e. The molecule has 0 spiro atoms. The lowest BCUT2D eigenvalue weighted by atomic mass is 9.85. The highest BCUT2D eigenvalue weighted by atomic mass is 16.4. The first-order valence-corrected chi connectivity index (χ1v) is 5.64. The van der Waals surface area contributed by atoms with Crippen molar-refractivity contribution in [2.75, 3.05) is 13.2 Å². The van der Waals surface area contributed by atoms with Gasteiger partial charge in [0.05, 0.1) is 6.42 Å². The van der Waals surface area contributed by atoms with Crippen LogP contribution in [0.3, 0.4) is 0 Å². The Kier molecular flexibility index (Phi) is 6.57. The molecule has 0 saturated carbocycles. The third kappa shape index (κ3) is 7.57. The molecule has 0 aromatic carbocycles. The predicted octanol–water partition coefficient (Wildman–Crippen LogP) is 0.557. The Bertz CT molecular complexity index is 261. The highest BCUT2D eigenvalue weighted by Crippen LogP contribution is 2.21. The van der Waals surface area contributed by atoms with Gasteiger partial charge in [0.15, 0.2) is 0 Å². The average molecular weight is 246 g/mol. The molecule has 0 fully saturated rings. The van der Waals surface area contributed by atoms with Crippen LogP contribution < -0.4 is 10.6 Å². The zero-order chi connectivity index (χ0) is 13.5. The van der Waals surface area contributed by atoms with Crippen molar-refractivity contribution in [3.8, 4) is 0 Å². The van der Waals surface area contributed by atoms with Gasteiger partial charge in [-0.2, -0.15) is 0 Å². The van der Waals surface area contributed by atoms with Gasteiger partial charge in [0.25, 0.3) is 0 Å². The second-order valence-electron chi connectivity index (χ2n) is 4.97. The molecular weight excluding hydrogens is 224 g/mol. The van der Waals surface area contributed by atoms with Crippen molar-refractivity contribution < 1.29 is 19.8 Å². The monoisotopic (exact) mass is 246 g/mol. The van der Waals surface area contributed by atoms with Crippen LogP contribution in [0.2, 0.25) is 0 Å². The minimum absolute atomic E-state index is 0.00264. The van der Waals surface area contributed by atoms with E-state index in [-0.39, 0.29) is 31.0 Å². The fraction of sp³-hybridized carbons (Fsp3) is 0.818. The standard InChI is InChI=1S/C11H22N2O4/c1-11(2,3)8(5-7-14)13-10(17)12-6-4-9(15)16/h8,14H,4-7H2,1-3H3,(H,15,16)(H2,12,13,17). The first-order chi connectivity index (χ1) is 7.77. The molecule has 2 amide bonds. The van der Waals surface area contributed by atoms with Crippen LogP contribution in [0, 0.1) is 5.41 Å². The van der Waals surface area contributed by atoms with Crippen molar-refractivity contribution in [3.63, 3.8) is 0 Å². The van der Waals surface area contributed by atoms with Gasteiger partial charge >= 0.3 is 12.0 Å². The number of nitrogens with one attached hydrogen (secondary N) is 2. The summed E-state index contributed by atoms with van der Waals surface area (Å²) in [5.74, 6) is -0.951. The van der Waals surface area contributed by atoms with Crippen LogP contribution in [0.25, 0.3) is 0 Å². The molecule has 100 valence electrons. The van der Waals surface area contributed by atoms with Gasteiger partial charge in [0.2, 0.25) is 0 Å². The molecule has 0 aliphatic heterocycles. The van der Waals surface area contributed by atoms with E-state index in [9.17, 15) is 9.59 Å². The van der Waals surface area contributed by atoms with E-state index < -0.39 is 12.0 Å². The number of hydrogen-bond acceptors (Lipinski definition) is 3. The first kappa shape index (κ1) is 15.7. The second kappa shape index (κ2) is 7.11. The maximum Gasteiger partial charge on any atom is 0.315 e. The highest BCUT2D eigenvalue weighted by molar-refractivity contribution is 5.75. The lowest BCUT2D eigenvalue weighted by molar-refractivity contribution is -0.136. The molecule has 17 heavy (non-hydrogen) atoms. The lowest BCUT2D eigenvalue weighted by Crippen LogP contribution is -2.48. The molecule has 6 nitrogen and oxygen atoms in total. The smallest absolute Gasteiger partial charge is 0.315 e. The summed E-state index contributed by atoms with van der Waals surface area (Å²) in [4.78, 5) is 21.7. The zero-order valence-electron chi connectivity index (χ0n) is 10.6. The number of carboxylic acid groups (broad SMARTS) is 1. The summed E-state index contributed by atoms with van der Waals surface area (Å²) in [5, 5.41) is 22.5. The molecule has 0 aromatic heterocycles. The van der Waals surface area contributed by atoms with Crippen molar-refractivity contribution in [1.29, 1.82) is 0 Å². The molecule has 6 heteroatoms. The van der Waals surface area contributed by atoms with Gasteiger partial charge < -0.3 is 20.8 Å². The van der Waals surface area contributed by atoms with E-state index in [4.69, 9.17) is 10.2 Å². The van der Waals surface area contributed by atoms with Crippen LogP contribution >= 0.6 is 0 Å². The summed E-state index contributed by atoms with van der Waals surface area (Å²) >= 11 is 0. The Morgan fingerprint density at radius 1 is 1.29 bits per heavy atom. The number of aliphatic carboxylic acids is 1. The third-order valence-electron chi connectivity index (χ3n) is 2.39. The van der Waals surface area contributed by atoms with Crippen LogP contribution in [0.15, 0.2) is 0 Å². The number of amides is 2. The van der Waals surface area contributed by atoms with Gasteiger partial charge in [0.1, 0.15) is 0 Å². The maximum atomic E-state index is 11.5. The van der Waals surface area contributed by atoms with E-state index in [1.54, 1.807) is 0 Å². The average Bonchev–Trinajstić information content (AvgIpc) is 2.15. The molecular formula is C11H22N2O4. The molecule has 0 aromatic rings. The van der Waals surface area contributed by atoms with Crippen molar-refractivity contribution in [1.82, 2.24) is 10.6 Å². The van der Waals surface area contributed by atoms with E-state index >= 15 is 0 Å². The molecule has 0 bridgehead atoms. The molecule has 0 radical (unpaired) electrons. The van der Waals surface area contributed by atoms with E-state index in [1.165, 1.54) is 0 Å². The fourth-order valence-corrected chi connectivity index (χ4v) is 1.34. The number of rotatable bonds is 6. The van der Waals surface area contributed by atoms with Gasteiger partial charge in [-0.15, -0.1) is 0 Å². The molecule has 0 rings (SSSR count). The van der Waals surface area contributed by atoms with Crippen molar-refractivity contribution in [2.24, 2.45) is 5.41 Å². The van der Waals surface area contributed by atoms with Gasteiger partial charge in [-0.05, 0) is 11.8 Å². The lowest BCUT2D eigenvalue weighted by Gasteiger charge is -2.31. The summed E-state index contributed by atoms with van der Waals surface area (Å²) in [7, 11) is 0. The summed E-state index contributed by atoms with van der Waals surface area (Å²) in [6.45, 7) is 5.98. The Hall–Kier alpha value is -1.30. The van der Waals surface area contributed by atoms with Gasteiger partial charge in [0, 0.05) is 19.2 Å². The normalized spacial score (nSPS) is 12.9. The molecule has 4 N–H and O–H groups in total. The van der Waals surface area contributed by atoms with Gasteiger partial charge in [-0.25, -0.2) is 4.79 Å². The number of urea groups is 1. The summed E-state index contributed by atoms with van der Waals surface area (Å²) in [6.07, 6.45) is 0.365. The summed E-state index contributed by atoms with van der Waals surface area (Å²) in [6, 6.07) is -0.558. The van der Waals surface area contributed by atoms with Gasteiger partial charge in [-0.1, -0.05) is 20.8 Å². The number of carboxylic acids is 1. The van der Waals surface area contributed by atoms with E-state index in [1.807, 2.05) is 20.8 Å². The topological polar surface area (TPSA) is 98.7 Å². The van der Waals surface area contributed by atoms with Crippen LogP contribution in [-0.2, 0) is 4.79 Å². The molecule has 0 saturated heterocycles. The zero-order valence-corrected chi connectivity index (χ0v) is 10.6. The minimum Gasteiger partial charge on any atom is -0.481 e. The number of carbonyl (C=O) groups excluding carboxylic acids is 1. The minimum atomic E-state index is -0.951. The van der Waals surface area contributed by atoms with Crippen molar-refractivity contribution in [2.45, 2.75) is 39.7 Å². The molecule has 0 aliphatic carbocycles. The molecule has 0 heterocycles. The third-order valence-corrected chi connectivity index (χ3v) is 2.39. The maximum absolute atomic E-state index is 11.5. The van der Waals surface area contributed by atoms with Crippen molar-refractivity contribution in [3.05, 3.63) is 0 Å². The fourth-order valence-electron chi connectivity index (χ4n) is 1.34. The van der Waals surface area contributed by atoms with Gasteiger partial charge in [-0.3, -0.25) is 4.79 Å². The van der Waals surface area contributed by atoms with Crippen LogP contribution in [0.5, 0.6) is 0 Å². The Balaban J connectivity index is 4.09. The van der Waals surface area contributed by atoms with E-state index in [2.05, 4.69) is 10.6 Å². The quantitative estimate of drug-likeness (QED) is 0.550. The summed E-state index contributed by atoms with van der Waals surface area (Å²) in [5.41, 5.74) is -0.160. The van der Waals surface area contributed by atoms with Crippen LogP contribution in [0.1, 0.15) is 33.6 Å². The molecule has 1 atom stereocenters. The Morgan fingerprint density at radius 2 is 1.88 bits per heavy atom. The van der Waals surface area contributed by atoms with E-state index in [0.717, 1.165) is 0 Å². The Morgan fingerprint density at radius 3 is 2.29 bits per heavy atom. The number of aliphatic hydroxyl groups is 1. The van der Waals surface area contributed by atoms with Crippen LogP contribution in [-0.4, -0.2) is 41.4 Å². The number of hydrogen-bond donors (Lipinski definition) is 4. The first-order valence-electron chi connectivity index (χ1n) is 5.64. The van der Waals surface area contributed by atoms with Crippen molar-refractivity contribution >= 4 is 12.0 Å². The van der Waals surface area contributed by atoms with E-state index in [0.29, 0.717) is 6.42 Å². The summed E-state index contributed by atoms with van der Waals surface area (Å²) < 4.78 is 0. The molecule has 1 unspecified atom stereocenters. The SMILES string of the molecule is CC(C)(C)C(CCO)NC(=O)NCCC(=O)O. The highest BCUT2D eigenvalue weighted by Gasteiger charge is 2.25. The number of aliphatic hydroxyl groups excluding tert-OH is 1. The number of carbonyl (C=O) groups is 2. The predicted molar refractivity (Wildman–Crippen MR) is 63.7 cm³/mol.